The summed E-state index contributed by atoms with van der Waals surface area (Å²) >= 11 is 6.14. The van der Waals surface area contributed by atoms with E-state index in [0.717, 1.165) is 55.5 Å². The number of carbonyl (C=O) groups excluding carboxylic acids is 2. The molecule has 2 amide bonds. The number of carbonyl (C=O) groups is 2. The second kappa shape index (κ2) is 6.63. The Bertz CT molecular complexity index is 959. The molecule has 3 aliphatic rings. The number of anilines is 1. The Balaban J connectivity index is 1.38. The Morgan fingerprint density at radius 2 is 1.89 bits per heavy atom. The predicted molar refractivity (Wildman–Crippen MR) is 109 cm³/mol. The normalized spacial score (nSPS) is 27.0. The smallest absolute Gasteiger partial charge is 0.254 e. The molecule has 1 saturated heterocycles. The third-order valence-corrected chi connectivity index (χ3v) is 6.98. The van der Waals surface area contributed by atoms with Crippen molar-refractivity contribution < 1.29 is 9.59 Å². The lowest BCUT2D eigenvalue weighted by Gasteiger charge is -2.40. The van der Waals surface area contributed by atoms with E-state index in [-0.39, 0.29) is 23.3 Å². The van der Waals surface area contributed by atoms with Crippen LogP contribution in [0, 0.1) is 5.41 Å². The van der Waals surface area contributed by atoms with Crippen molar-refractivity contribution in [3.63, 3.8) is 0 Å². The van der Waals surface area contributed by atoms with Gasteiger partial charge in [-0.1, -0.05) is 42.3 Å². The number of fused-ring (bicyclic) bond motifs is 1. The first-order valence-corrected chi connectivity index (χ1v) is 10.4. The van der Waals surface area contributed by atoms with Crippen LogP contribution < -0.4 is 4.90 Å². The Labute approximate surface area is 170 Å². The van der Waals surface area contributed by atoms with Crippen LogP contribution in [0.3, 0.4) is 0 Å². The second-order valence-electron chi connectivity index (χ2n) is 8.31. The largest absolute Gasteiger partial charge is 0.331 e. The minimum Gasteiger partial charge on any atom is -0.331 e. The molecule has 144 valence electrons. The Hall–Kier alpha value is -2.33. The molecule has 0 N–H and O–H groups in total. The van der Waals surface area contributed by atoms with Crippen molar-refractivity contribution in [1.82, 2.24) is 4.90 Å². The molecule has 2 unspecified atom stereocenters. The molecule has 1 aliphatic carbocycles. The summed E-state index contributed by atoms with van der Waals surface area (Å²) in [6.07, 6.45) is 4.49. The molecule has 1 saturated carbocycles. The molecular weight excluding hydrogens is 372 g/mol. The van der Waals surface area contributed by atoms with Gasteiger partial charge in [0.05, 0.1) is 5.41 Å². The first-order valence-electron chi connectivity index (χ1n) is 10.0. The Morgan fingerprint density at radius 3 is 2.71 bits per heavy atom. The van der Waals surface area contributed by atoms with Crippen LogP contribution in [0.25, 0.3) is 0 Å². The summed E-state index contributed by atoms with van der Waals surface area (Å²) in [5.74, 6) is 0.318. The monoisotopic (exact) mass is 394 g/mol. The summed E-state index contributed by atoms with van der Waals surface area (Å²) in [5.41, 5.74) is 2.45. The lowest BCUT2D eigenvalue weighted by Crippen LogP contribution is -2.46. The van der Waals surface area contributed by atoms with E-state index in [4.69, 9.17) is 11.6 Å². The fourth-order valence-electron chi connectivity index (χ4n) is 5.30. The van der Waals surface area contributed by atoms with Gasteiger partial charge in [-0.2, -0.15) is 0 Å². The van der Waals surface area contributed by atoms with Gasteiger partial charge in [0.15, 0.2) is 0 Å². The van der Waals surface area contributed by atoms with E-state index in [1.54, 1.807) is 0 Å². The number of nitrogens with zero attached hydrogens (tertiary/aromatic N) is 2. The van der Waals surface area contributed by atoms with E-state index in [2.05, 4.69) is 0 Å². The van der Waals surface area contributed by atoms with Gasteiger partial charge in [-0.05, 0) is 55.5 Å². The highest BCUT2D eigenvalue weighted by Crippen LogP contribution is 2.48. The summed E-state index contributed by atoms with van der Waals surface area (Å²) < 4.78 is 0. The van der Waals surface area contributed by atoms with Gasteiger partial charge < -0.3 is 9.80 Å². The molecule has 0 radical (unpaired) electrons. The highest BCUT2D eigenvalue weighted by atomic mass is 35.5. The van der Waals surface area contributed by atoms with E-state index in [0.29, 0.717) is 11.6 Å². The van der Waals surface area contributed by atoms with Gasteiger partial charge in [0.25, 0.3) is 5.91 Å². The van der Waals surface area contributed by atoms with Crippen LogP contribution in [0.2, 0.25) is 5.02 Å². The van der Waals surface area contributed by atoms with Gasteiger partial charge in [-0.3, -0.25) is 9.59 Å². The van der Waals surface area contributed by atoms with Crippen LogP contribution in [-0.2, 0) is 11.3 Å². The molecule has 2 aliphatic heterocycles. The summed E-state index contributed by atoms with van der Waals surface area (Å²) in [5, 5.41) is 0.646. The molecule has 0 bridgehead atoms. The van der Waals surface area contributed by atoms with Gasteiger partial charge in [-0.25, -0.2) is 0 Å². The van der Waals surface area contributed by atoms with E-state index < -0.39 is 0 Å². The topological polar surface area (TPSA) is 40.6 Å². The first-order chi connectivity index (χ1) is 13.6. The van der Waals surface area contributed by atoms with Crippen LogP contribution in [0.1, 0.15) is 48.0 Å². The molecule has 5 rings (SSSR count). The highest BCUT2D eigenvalue weighted by Gasteiger charge is 2.51. The number of hydrogen-bond donors (Lipinski definition) is 0. The van der Waals surface area contributed by atoms with Crippen LogP contribution in [0.15, 0.2) is 48.5 Å². The minimum absolute atomic E-state index is 0.120. The number of amides is 2. The van der Waals surface area contributed by atoms with Gasteiger partial charge >= 0.3 is 0 Å². The van der Waals surface area contributed by atoms with E-state index in [9.17, 15) is 9.59 Å². The fraction of sp³-hybridized carbons (Fsp3) is 0.391. The van der Waals surface area contributed by atoms with Gasteiger partial charge in [0, 0.05) is 35.4 Å². The predicted octanol–water partition coefficient (Wildman–Crippen LogP) is 4.66. The van der Waals surface area contributed by atoms with Crippen molar-refractivity contribution in [2.75, 3.05) is 11.4 Å². The lowest BCUT2D eigenvalue weighted by atomic mass is 9.70. The Kier molecular flexibility index (Phi) is 4.20. The third-order valence-electron chi connectivity index (χ3n) is 6.74. The van der Waals surface area contributed by atoms with Crippen molar-refractivity contribution in [2.24, 2.45) is 5.41 Å². The SMILES string of the molecule is O=C1c2ccccc2CN1C1CCCC2(CCN(c3cccc(Cl)c3)C2=O)C1. The number of halogens is 1. The molecule has 4 nitrogen and oxygen atoms in total. The van der Waals surface area contributed by atoms with Gasteiger partial charge in [-0.15, -0.1) is 0 Å². The molecule has 2 fully saturated rings. The average Bonchev–Trinajstić information content (AvgIpc) is 3.20. The zero-order valence-electron chi connectivity index (χ0n) is 15.7. The number of rotatable bonds is 2. The van der Waals surface area contributed by atoms with Crippen molar-refractivity contribution >= 4 is 29.1 Å². The summed E-state index contributed by atoms with van der Waals surface area (Å²) in [7, 11) is 0. The molecular formula is C23H23ClN2O2. The summed E-state index contributed by atoms with van der Waals surface area (Å²) in [6.45, 7) is 1.39. The summed E-state index contributed by atoms with van der Waals surface area (Å²) in [4.78, 5) is 30.2. The molecule has 2 aromatic rings. The molecule has 2 aromatic carbocycles. The van der Waals surface area contributed by atoms with Crippen LogP contribution in [0.5, 0.6) is 0 Å². The van der Waals surface area contributed by atoms with Gasteiger partial charge in [0.2, 0.25) is 5.91 Å². The van der Waals surface area contributed by atoms with E-state index >= 15 is 0 Å². The molecule has 0 aromatic heterocycles. The summed E-state index contributed by atoms with van der Waals surface area (Å²) in [6, 6.07) is 15.5. The van der Waals surface area contributed by atoms with Crippen molar-refractivity contribution in [3.05, 3.63) is 64.7 Å². The minimum atomic E-state index is -0.347. The van der Waals surface area contributed by atoms with Crippen LogP contribution in [-0.4, -0.2) is 29.3 Å². The van der Waals surface area contributed by atoms with Crippen molar-refractivity contribution in [2.45, 2.75) is 44.7 Å². The lowest BCUT2D eigenvalue weighted by molar-refractivity contribution is -0.128. The molecule has 5 heteroatoms. The van der Waals surface area contributed by atoms with Crippen LogP contribution >= 0.6 is 11.6 Å². The fourth-order valence-corrected chi connectivity index (χ4v) is 5.49. The quantitative estimate of drug-likeness (QED) is 0.743. The third kappa shape index (κ3) is 2.74. The zero-order chi connectivity index (χ0) is 19.3. The average molecular weight is 395 g/mol. The molecule has 1 spiro atoms. The van der Waals surface area contributed by atoms with E-state index in [1.165, 1.54) is 0 Å². The van der Waals surface area contributed by atoms with Crippen molar-refractivity contribution in [3.8, 4) is 0 Å². The standard InChI is InChI=1S/C23H23ClN2O2/c24-17-6-3-7-18(13-17)25-12-11-23(22(25)28)10-4-8-19(14-23)26-15-16-5-1-2-9-20(16)21(26)27/h1-3,5-7,9,13,19H,4,8,10-12,14-15H2. The van der Waals surface area contributed by atoms with Gasteiger partial charge in [0.1, 0.15) is 0 Å². The highest BCUT2D eigenvalue weighted by molar-refractivity contribution is 6.31. The first kappa shape index (κ1) is 17.7. The molecule has 2 atom stereocenters. The molecule has 2 heterocycles. The maximum absolute atomic E-state index is 13.4. The number of hydrogen-bond acceptors (Lipinski definition) is 2. The maximum Gasteiger partial charge on any atom is 0.254 e. The maximum atomic E-state index is 13.4. The zero-order valence-corrected chi connectivity index (χ0v) is 16.5. The van der Waals surface area contributed by atoms with E-state index in [1.807, 2.05) is 58.3 Å². The van der Waals surface area contributed by atoms with Crippen molar-refractivity contribution in [1.29, 1.82) is 0 Å². The van der Waals surface area contributed by atoms with Crippen LogP contribution in [0.4, 0.5) is 5.69 Å². The second-order valence-corrected chi connectivity index (χ2v) is 8.74. The molecule has 28 heavy (non-hydrogen) atoms. The Morgan fingerprint density at radius 1 is 1.04 bits per heavy atom. The number of benzene rings is 2.